The number of nitrogens with two attached hydrogens (primary N) is 2. The van der Waals surface area contributed by atoms with Gasteiger partial charge in [0.1, 0.15) is 0 Å². The van der Waals surface area contributed by atoms with E-state index in [1.807, 2.05) is 6.92 Å². The van der Waals surface area contributed by atoms with Crippen molar-refractivity contribution >= 4 is 20.2 Å². The van der Waals surface area contributed by atoms with Gasteiger partial charge >= 0.3 is 28.1 Å². The van der Waals surface area contributed by atoms with Crippen LogP contribution in [0.1, 0.15) is 13.3 Å². The van der Waals surface area contributed by atoms with Crippen LogP contribution >= 0.6 is 0 Å². The van der Waals surface area contributed by atoms with Crippen molar-refractivity contribution in [2.75, 3.05) is 0 Å². The van der Waals surface area contributed by atoms with E-state index < -0.39 is 31.3 Å². The van der Waals surface area contributed by atoms with Crippen LogP contribution in [0.5, 0.6) is 0 Å². The van der Waals surface area contributed by atoms with Gasteiger partial charge in [-0.3, -0.25) is 0 Å². The van der Waals surface area contributed by atoms with Crippen LogP contribution in [0.15, 0.2) is 0 Å². The fraction of sp³-hybridized carbons (Fsp3) is 1.00. The summed E-state index contributed by atoms with van der Waals surface area (Å²) in [5, 5.41) is 0. The Morgan fingerprint density at radius 1 is 0.864 bits per heavy atom. The van der Waals surface area contributed by atoms with Gasteiger partial charge in [0, 0.05) is 0 Å². The molecule has 0 aromatic rings. The maximum atomic E-state index is 10.7. The van der Waals surface area contributed by atoms with Gasteiger partial charge in [-0.25, -0.2) is 16.8 Å². The monoisotopic (exact) mass is 435 g/mol. The number of hydrogen-bond donors (Lipinski definition) is 2. The summed E-state index contributed by atoms with van der Waals surface area (Å²) in [4.78, 5) is 0. The zero-order valence-electron chi connectivity index (χ0n) is 10.3. The molecule has 0 aromatic carbocycles. The molecule has 0 fully saturated rings. The van der Waals surface area contributed by atoms with E-state index >= 15 is 0 Å². The Hall–Kier alpha value is -0.161. The molecule has 0 aliphatic heterocycles. The van der Waals surface area contributed by atoms with Crippen molar-refractivity contribution in [3.8, 4) is 0 Å². The first-order chi connectivity index (χ1) is 8.77. The normalized spacial score (nSPS) is 12.4. The third-order valence-electron chi connectivity index (χ3n) is 1.04. The van der Waals surface area contributed by atoms with Gasteiger partial charge in [0.15, 0.2) is 20.2 Å². The molecule has 0 saturated carbocycles. The summed E-state index contributed by atoms with van der Waals surface area (Å²) >= 11 is 0. The van der Waals surface area contributed by atoms with Crippen LogP contribution in [0.25, 0.3) is 0 Å². The topological polar surface area (TPSA) is 166 Å². The number of alkyl halides is 6. The summed E-state index contributed by atoms with van der Waals surface area (Å²) in [5.41, 5.74) is -1.15. The van der Waals surface area contributed by atoms with Gasteiger partial charge in [-0.1, -0.05) is 6.92 Å². The molecule has 0 aliphatic rings. The molecule has 17 heteroatoms. The molecule has 0 aliphatic carbocycles. The minimum atomic E-state index is -6.09. The molecule has 0 unspecified atom stereocenters. The van der Waals surface area contributed by atoms with Crippen molar-refractivity contribution in [3.63, 3.8) is 0 Å². The zero-order chi connectivity index (χ0) is 18.3. The van der Waals surface area contributed by atoms with E-state index in [0.717, 1.165) is 6.42 Å². The molecule has 141 valence electrons. The molecule has 1 radical (unpaired) electrons. The second kappa shape index (κ2) is 10.6. The Morgan fingerprint density at radius 3 is 0.955 bits per heavy atom. The summed E-state index contributed by atoms with van der Waals surface area (Å²) in [6.45, 7) is 1.95. The van der Waals surface area contributed by atoms with E-state index in [1.165, 1.54) is 0 Å². The third kappa shape index (κ3) is 17.9. The van der Waals surface area contributed by atoms with Crippen LogP contribution in [0.4, 0.5) is 26.3 Å². The Kier molecular flexibility index (Phi) is 14.3. The van der Waals surface area contributed by atoms with Crippen molar-refractivity contribution in [2.24, 2.45) is 11.5 Å². The Labute approximate surface area is 132 Å². The van der Waals surface area contributed by atoms with Crippen molar-refractivity contribution in [2.45, 2.75) is 30.5 Å². The first-order valence-corrected chi connectivity index (χ1v) is 7.14. The van der Waals surface area contributed by atoms with Gasteiger partial charge < -0.3 is 20.6 Å². The summed E-state index contributed by atoms with van der Waals surface area (Å²) in [6.07, 6.45) is 0.745. The predicted molar refractivity (Wildman–Crippen MR) is 54.0 cm³/mol. The maximum Gasteiger partial charge on any atom is 2.00 e. The molecule has 0 rings (SSSR count). The Bertz CT molecular complexity index is 445. The molecule has 0 bridgehead atoms. The van der Waals surface area contributed by atoms with Gasteiger partial charge in [-0.2, -0.15) is 26.3 Å². The van der Waals surface area contributed by atoms with Crippen LogP contribution in [0.2, 0.25) is 0 Å². The minimum absolute atomic E-state index is 0. The third-order valence-corrected chi connectivity index (χ3v) is 2.17. The van der Waals surface area contributed by atoms with Crippen LogP contribution in [0.3, 0.4) is 0 Å². The second-order valence-electron chi connectivity index (χ2n) is 2.87. The van der Waals surface area contributed by atoms with E-state index in [9.17, 15) is 26.3 Å². The molecule has 22 heavy (non-hydrogen) atoms. The zero-order valence-corrected chi connectivity index (χ0v) is 12.8. The Balaban J connectivity index is -0.000000111. The summed E-state index contributed by atoms with van der Waals surface area (Å²) in [5.74, 6) is 0. The van der Waals surface area contributed by atoms with E-state index in [-0.39, 0.29) is 23.2 Å². The summed E-state index contributed by atoms with van der Waals surface area (Å²) in [7, 11) is -12.2. The van der Waals surface area contributed by atoms with Crippen LogP contribution in [-0.4, -0.2) is 43.1 Å². The molecule has 0 aromatic heterocycles. The molecule has 0 amide bonds. The van der Waals surface area contributed by atoms with Crippen LogP contribution < -0.4 is 11.5 Å². The molecular formula is C5H10CuF6N2O6S2. The van der Waals surface area contributed by atoms with E-state index in [4.69, 9.17) is 37.4 Å². The maximum absolute atomic E-state index is 10.7. The van der Waals surface area contributed by atoms with Crippen LogP contribution in [-0.2, 0) is 37.3 Å². The summed E-state index contributed by atoms with van der Waals surface area (Å²) < 4.78 is 118. The fourth-order valence-corrected chi connectivity index (χ4v) is 0. The van der Waals surface area contributed by atoms with Gasteiger partial charge in [0.05, 0.1) is 6.17 Å². The van der Waals surface area contributed by atoms with E-state index in [1.54, 1.807) is 0 Å². The first-order valence-electron chi connectivity index (χ1n) is 4.32. The molecule has 4 N–H and O–H groups in total. The minimum Gasteiger partial charge on any atom is -0.741 e. The van der Waals surface area contributed by atoms with E-state index in [2.05, 4.69) is 0 Å². The van der Waals surface area contributed by atoms with Crippen molar-refractivity contribution in [1.29, 1.82) is 0 Å². The Morgan fingerprint density at radius 2 is 0.955 bits per heavy atom. The van der Waals surface area contributed by atoms with E-state index in [0.29, 0.717) is 0 Å². The van der Waals surface area contributed by atoms with Gasteiger partial charge in [-0.05, 0) is 6.42 Å². The standard InChI is InChI=1S/C3H10N2.2CHF3O3S.Cu/c1-2-3(4)5;2*2-1(3,4)8(5,6)7;/h3H,2,4-5H2,1H3;2*(H,5,6,7);/q;;;+2/p-2. The average Bonchev–Trinajstić information content (AvgIpc) is 2.12. The fourth-order valence-electron chi connectivity index (χ4n) is 0. The molecule has 0 saturated heterocycles. The summed E-state index contributed by atoms with van der Waals surface area (Å²) in [6, 6.07) is 0. The molecule has 0 spiro atoms. The van der Waals surface area contributed by atoms with Gasteiger partial charge in [0.25, 0.3) is 0 Å². The quantitative estimate of drug-likeness (QED) is 0.187. The average molecular weight is 436 g/mol. The van der Waals surface area contributed by atoms with Crippen molar-refractivity contribution < 1.29 is 69.4 Å². The van der Waals surface area contributed by atoms with Crippen molar-refractivity contribution in [3.05, 3.63) is 0 Å². The number of hydrogen-bond acceptors (Lipinski definition) is 8. The molecule has 8 nitrogen and oxygen atoms in total. The molecule has 0 heterocycles. The van der Waals surface area contributed by atoms with Gasteiger partial charge in [0.2, 0.25) is 0 Å². The number of halogens is 6. The molecule has 0 atom stereocenters. The smallest absolute Gasteiger partial charge is 0.741 e. The number of rotatable bonds is 1. The second-order valence-corrected chi connectivity index (χ2v) is 5.61. The largest absolute Gasteiger partial charge is 2.00 e. The first kappa shape index (κ1) is 29.8. The van der Waals surface area contributed by atoms with Crippen molar-refractivity contribution in [1.82, 2.24) is 0 Å². The predicted octanol–water partition coefficient (Wildman–Crippen LogP) is -0.260. The van der Waals surface area contributed by atoms with Crippen LogP contribution in [0, 0.1) is 0 Å². The molecular weight excluding hydrogens is 426 g/mol. The SMILES string of the molecule is CCC(N)N.O=S(=O)([O-])C(F)(F)F.O=S(=O)([O-])C(F)(F)F.[Cu+2]. The van der Waals surface area contributed by atoms with Gasteiger partial charge in [-0.15, -0.1) is 0 Å².